The van der Waals surface area contributed by atoms with Gasteiger partial charge in [0, 0.05) is 50.6 Å². The molecule has 3 saturated heterocycles. The lowest BCUT2D eigenvalue weighted by Crippen LogP contribution is -2.73. The van der Waals surface area contributed by atoms with Crippen molar-refractivity contribution in [1.29, 1.82) is 0 Å². The van der Waals surface area contributed by atoms with Gasteiger partial charge in [0.05, 0.1) is 21.3 Å². The minimum atomic E-state index is -4.56. The van der Waals surface area contributed by atoms with Crippen molar-refractivity contribution >= 4 is 39.4 Å². The summed E-state index contributed by atoms with van der Waals surface area (Å²) in [5.74, 6) is -0.276. The van der Waals surface area contributed by atoms with Gasteiger partial charge in [-0.3, -0.25) is 4.79 Å². The van der Waals surface area contributed by atoms with Crippen LogP contribution in [0.5, 0.6) is 0 Å². The van der Waals surface area contributed by atoms with E-state index in [1.54, 1.807) is 9.80 Å². The van der Waals surface area contributed by atoms with Crippen molar-refractivity contribution in [2.24, 2.45) is 5.41 Å². The molecule has 5 rings (SSSR count). The number of likely N-dealkylation sites (N-methyl/N-ethyl adjacent to an activating group) is 1. The predicted molar refractivity (Wildman–Crippen MR) is 121 cm³/mol. The molecule has 1 unspecified atom stereocenters. The number of amides is 2. The van der Waals surface area contributed by atoms with Gasteiger partial charge in [0.2, 0.25) is 0 Å². The predicted octanol–water partition coefficient (Wildman–Crippen LogP) is 3.03. The van der Waals surface area contributed by atoms with Gasteiger partial charge in [-0.2, -0.15) is 13.2 Å². The molecule has 2 aromatic rings. The van der Waals surface area contributed by atoms with Crippen LogP contribution < -0.4 is 10.2 Å². The quantitative estimate of drug-likeness (QED) is 0.703. The molecule has 34 heavy (non-hydrogen) atoms. The SMILES string of the molecule is CNC(=O)c1csc2c(C(F)(F)F)cc(N3CC4(CN(C(=O)OC5CCCN(C)C5)C4)C3)nc12. The maximum Gasteiger partial charge on any atom is 0.417 e. The van der Waals surface area contributed by atoms with Gasteiger partial charge in [-0.25, -0.2) is 9.78 Å². The van der Waals surface area contributed by atoms with E-state index in [2.05, 4.69) is 15.2 Å². The van der Waals surface area contributed by atoms with E-state index in [0.717, 1.165) is 43.3 Å². The minimum Gasteiger partial charge on any atom is -0.445 e. The molecule has 1 N–H and O–H groups in total. The Bertz CT molecular complexity index is 1120. The van der Waals surface area contributed by atoms with Gasteiger partial charge in [-0.1, -0.05) is 0 Å². The number of likely N-dealkylation sites (tertiary alicyclic amines) is 2. The van der Waals surface area contributed by atoms with Gasteiger partial charge < -0.3 is 24.8 Å². The van der Waals surface area contributed by atoms with Crippen LogP contribution in [0.4, 0.5) is 23.8 Å². The Kier molecular flexibility index (Phi) is 5.63. The second-order valence-corrected chi connectivity index (χ2v) is 10.4. The first-order chi connectivity index (χ1) is 16.1. The number of fused-ring (bicyclic) bond motifs is 1. The van der Waals surface area contributed by atoms with Crippen LogP contribution in [0.2, 0.25) is 0 Å². The Morgan fingerprint density at radius 1 is 1.26 bits per heavy atom. The van der Waals surface area contributed by atoms with E-state index in [-0.39, 0.29) is 39.2 Å². The standard InChI is InChI=1S/C22H26F3N5O3S/c1-26-19(31)14-8-34-18-15(22(23,24)25)6-16(27-17(14)18)29-9-21(10-29)11-30(12-21)20(32)33-13-4-3-5-28(2)7-13/h6,8,13H,3-5,7,9-12H2,1-2H3,(H,26,31). The number of nitrogens with one attached hydrogen (secondary N) is 1. The summed E-state index contributed by atoms with van der Waals surface area (Å²) in [4.78, 5) is 34.6. The molecule has 12 heteroatoms. The summed E-state index contributed by atoms with van der Waals surface area (Å²) in [5, 5.41) is 3.86. The Hall–Kier alpha value is -2.60. The molecule has 0 aromatic carbocycles. The Morgan fingerprint density at radius 2 is 2.00 bits per heavy atom. The van der Waals surface area contributed by atoms with Gasteiger partial charge >= 0.3 is 12.3 Å². The topological polar surface area (TPSA) is 78.0 Å². The molecule has 2 amide bonds. The highest BCUT2D eigenvalue weighted by molar-refractivity contribution is 7.17. The lowest BCUT2D eigenvalue weighted by atomic mass is 9.73. The number of piperidine rings is 1. The molecule has 2 aromatic heterocycles. The normalized spacial score (nSPS) is 22.4. The molecular weight excluding hydrogens is 471 g/mol. The number of aromatic nitrogens is 1. The number of hydrogen-bond acceptors (Lipinski definition) is 7. The number of rotatable bonds is 3. The van der Waals surface area contributed by atoms with E-state index >= 15 is 0 Å². The average molecular weight is 498 g/mol. The third-order valence-electron chi connectivity index (χ3n) is 6.82. The Morgan fingerprint density at radius 3 is 2.65 bits per heavy atom. The first-order valence-electron chi connectivity index (χ1n) is 11.2. The van der Waals surface area contributed by atoms with E-state index in [4.69, 9.17) is 4.74 Å². The van der Waals surface area contributed by atoms with E-state index in [0.29, 0.717) is 26.2 Å². The van der Waals surface area contributed by atoms with Crippen LogP contribution in [0.3, 0.4) is 0 Å². The molecule has 3 aliphatic heterocycles. The number of anilines is 1. The van der Waals surface area contributed by atoms with Crippen LogP contribution in [0.15, 0.2) is 11.4 Å². The molecule has 1 spiro atoms. The molecule has 0 aliphatic carbocycles. The van der Waals surface area contributed by atoms with Crippen LogP contribution >= 0.6 is 11.3 Å². The van der Waals surface area contributed by atoms with Crippen molar-refractivity contribution in [3.63, 3.8) is 0 Å². The molecule has 5 heterocycles. The second kappa shape index (κ2) is 8.26. The number of thiophene rings is 1. The van der Waals surface area contributed by atoms with Crippen molar-refractivity contribution in [3.05, 3.63) is 22.6 Å². The lowest BCUT2D eigenvalue weighted by molar-refractivity contribution is -0.136. The summed E-state index contributed by atoms with van der Waals surface area (Å²) < 4.78 is 46.9. The van der Waals surface area contributed by atoms with Crippen molar-refractivity contribution in [2.75, 3.05) is 58.3 Å². The summed E-state index contributed by atoms with van der Waals surface area (Å²) in [6.07, 6.45) is -3.13. The van der Waals surface area contributed by atoms with Gasteiger partial charge in [-0.05, 0) is 32.5 Å². The fourth-order valence-electron chi connectivity index (χ4n) is 5.11. The number of nitrogens with zero attached hydrogens (tertiary/aromatic N) is 4. The fourth-order valence-corrected chi connectivity index (χ4v) is 6.14. The highest BCUT2D eigenvalue weighted by Crippen LogP contribution is 2.45. The summed E-state index contributed by atoms with van der Waals surface area (Å²) in [6.45, 7) is 3.76. The first kappa shape index (κ1) is 23.2. The van der Waals surface area contributed by atoms with Crippen molar-refractivity contribution in [3.8, 4) is 0 Å². The van der Waals surface area contributed by atoms with E-state index < -0.39 is 17.6 Å². The Balaban J connectivity index is 1.27. The van der Waals surface area contributed by atoms with Crippen LogP contribution in [-0.4, -0.2) is 86.3 Å². The summed E-state index contributed by atoms with van der Waals surface area (Å²) >= 11 is 0.867. The molecule has 0 radical (unpaired) electrons. The van der Waals surface area contributed by atoms with E-state index in [1.165, 1.54) is 12.4 Å². The smallest absolute Gasteiger partial charge is 0.417 e. The zero-order valence-corrected chi connectivity index (χ0v) is 19.8. The maximum atomic E-state index is 13.8. The zero-order valence-electron chi connectivity index (χ0n) is 18.9. The van der Waals surface area contributed by atoms with Crippen LogP contribution in [0.1, 0.15) is 28.8 Å². The lowest BCUT2D eigenvalue weighted by Gasteiger charge is -2.60. The number of hydrogen-bond donors (Lipinski definition) is 1. The molecule has 184 valence electrons. The Labute approximate surface area is 198 Å². The van der Waals surface area contributed by atoms with Crippen molar-refractivity contribution in [1.82, 2.24) is 20.1 Å². The summed E-state index contributed by atoms with van der Waals surface area (Å²) in [7, 11) is 3.43. The monoisotopic (exact) mass is 497 g/mol. The third kappa shape index (κ3) is 4.06. The number of carbonyl (C=O) groups excluding carboxylic acids is 2. The molecule has 0 saturated carbocycles. The summed E-state index contributed by atoms with van der Waals surface area (Å²) in [6, 6.07) is 1.06. The molecule has 1 atom stereocenters. The highest BCUT2D eigenvalue weighted by atomic mass is 32.1. The van der Waals surface area contributed by atoms with Crippen molar-refractivity contribution in [2.45, 2.75) is 25.1 Å². The molecule has 3 aliphatic rings. The third-order valence-corrected chi connectivity index (χ3v) is 7.82. The van der Waals surface area contributed by atoms with Gasteiger partial charge in [0.25, 0.3) is 5.91 Å². The van der Waals surface area contributed by atoms with Crippen LogP contribution in [0.25, 0.3) is 10.2 Å². The minimum absolute atomic E-state index is 0.0454. The van der Waals surface area contributed by atoms with E-state index in [1.807, 2.05) is 7.05 Å². The molecule has 8 nitrogen and oxygen atoms in total. The number of ether oxygens (including phenoxy) is 1. The molecule has 3 fully saturated rings. The number of pyridine rings is 1. The van der Waals surface area contributed by atoms with Gasteiger partial charge in [0.1, 0.15) is 11.9 Å². The van der Waals surface area contributed by atoms with Gasteiger partial charge in [0.15, 0.2) is 0 Å². The van der Waals surface area contributed by atoms with Gasteiger partial charge in [-0.15, -0.1) is 11.3 Å². The number of carbonyl (C=O) groups is 2. The number of halogens is 3. The molecular formula is C22H26F3N5O3S. The first-order valence-corrected chi connectivity index (χ1v) is 12.1. The largest absolute Gasteiger partial charge is 0.445 e. The molecule has 0 bridgehead atoms. The van der Waals surface area contributed by atoms with Crippen LogP contribution in [-0.2, 0) is 10.9 Å². The maximum absolute atomic E-state index is 13.8. The fraction of sp³-hybridized carbons (Fsp3) is 0.591. The number of alkyl halides is 3. The van der Waals surface area contributed by atoms with E-state index in [9.17, 15) is 22.8 Å². The zero-order chi connectivity index (χ0) is 24.3. The summed E-state index contributed by atoms with van der Waals surface area (Å²) in [5.41, 5.74) is -0.748. The second-order valence-electron chi connectivity index (χ2n) is 9.55. The highest BCUT2D eigenvalue weighted by Gasteiger charge is 2.54. The van der Waals surface area contributed by atoms with Crippen LogP contribution in [0, 0.1) is 5.41 Å². The van der Waals surface area contributed by atoms with Crippen molar-refractivity contribution < 1.29 is 27.5 Å². The average Bonchev–Trinajstić information content (AvgIpc) is 3.13.